The SMILES string of the molecule is CNC(=O)NC(=O)CN1CCCCC[C@H]1c1ccc(C)o1. The lowest BCUT2D eigenvalue weighted by molar-refractivity contribution is -0.121. The van der Waals surface area contributed by atoms with E-state index in [1.165, 1.54) is 7.05 Å². The van der Waals surface area contributed by atoms with Gasteiger partial charge >= 0.3 is 6.03 Å². The maximum absolute atomic E-state index is 11.9. The largest absolute Gasteiger partial charge is 0.465 e. The topological polar surface area (TPSA) is 74.6 Å². The van der Waals surface area contributed by atoms with Gasteiger partial charge in [0.1, 0.15) is 11.5 Å². The minimum atomic E-state index is -0.472. The molecule has 0 bridgehead atoms. The van der Waals surface area contributed by atoms with Gasteiger partial charge in [-0.05, 0) is 38.4 Å². The van der Waals surface area contributed by atoms with E-state index in [2.05, 4.69) is 15.5 Å². The number of hydrogen-bond acceptors (Lipinski definition) is 4. The summed E-state index contributed by atoms with van der Waals surface area (Å²) < 4.78 is 5.74. The van der Waals surface area contributed by atoms with Crippen LogP contribution in [0.15, 0.2) is 16.5 Å². The molecule has 0 aliphatic carbocycles. The van der Waals surface area contributed by atoms with Crippen molar-refractivity contribution in [3.8, 4) is 0 Å². The summed E-state index contributed by atoms with van der Waals surface area (Å²) in [5.74, 6) is 1.50. The zero-order valence-corrected chi connectivity index (χ0v) is 12.6. The fourth-order valence-corrected chi connectivity index (χ4v) is 2.72. The van der Waals surface area contributed by atoms with Gasteiger partial charge in [0.2, 0.25) is 5.91 Å². The Hall–Kier alpha value is -1.82. The van der Waals surface area contributed by atoms with Crippen molar-refractivity contribution < 1.29 is 14.0 Å². The van der Waals surface area contributed by atoms with Crippen molar-refractivity contribution in [3.05, 3.63) is 23.7 Å². The number of amides is 3. The van der Waals surface area contributed by atoms with E-state index in [1.54, 1.807) is 0 Å². The van der Waals surface area contributed by atoms with E-state index >= 15 is 0 Å². The van der Waals surface area contributed by atoms with Crippen molar-refractivity contribution >= 4 is 11.9 Å². The number of hydrogen-bond donors (Lipinski definition) is 2. The van der Waals surface area contributed by atoms with Crippen LogP contribution in [-0.4, -0.2) is 37.0 Å². The van der Waals surface area contributed by atoms with Crippen LogP contribution in [0.4, 0.5) is 4.79 Å². The molecular weight excluding hydrogens is 270 g/mol. The number of rotatable bonds is 3. The second kappa shape index (κ2) is 7.26. The van der Waals surface area contributed by atoms with E-state index in [4.69, 9.17) is 4.42 Å². The molecule has 1 aromatic rings. The van der Waals surface area contributed by atoms with Crippen LogP contribution in [-0.2, 0) is 4.79 Å². The standard InChI is InChI=1S/C15H23N3O3/c1-11-7-8-13(21-11)12-6-4-3-5-9-18(12)10-14(19)17-15(20)16-2/h7-8,12H,3-6,9-10H2,1-2H3,(H2,16,17,19,20)/t12-/m0/s1. The lowest BCUT2D eigenvalue weighted by Crippen LogP contribution is -2.44. The Morgan fingerprint density at radius 2 is 2.14 bits per heavy atom. The summed E-state index contributed by atoms with van der Waals surface area (Å²) in [7, 11) is 1.49. The summed E-state index contributed by atoms with van der Waals surface area (Å²) >= 11 is 0. The van der Waals surface area contributed by atoms with E-state index in [0.29, 0.717) is 0 Å². The van der Waals surface area contributed by atoms with Gasteiger partial charge in [0, 0.05) is 7.05 Å². The Kier molecular flexibility index (Phi) is 5.38. The summed E-state index contributed by atoms with van der Waals surface area (Å²) in [6, 6.07) is 3.56. The number of likely N-dealkylation sites (tertiary alicyclic amines) is 1. The highest BCUT2D eigenvalue weighted by Gasteiger charge is 2.27. The smallest absolute Gasteiger partial charge is 0.321 e. The van der Waals surface area contributed by atoms with Crippen molar-refractivity contribution in [3.63, 3.8) is 0 Å². The first kappa shape index (κ1) is 15.6. The quantitative estimate of drug-likeness (QED) is 0.893. The van der Waals surface area contributed by atoms with Crippen LogP contribution in [0, 0.1) is 6.92 Å². The number of carbonyl (C=O) groups is 2. The second-order valence-electron chi connectivity index (χ2n) is 5.41. The van der Waals surface area contributed by atoms with Gasteiger partial charge in [0.15, 0.2) is 0 Å². The number of nitrogens with one attached hydrogen (secondary N) is 2. The molecule has 1 atom stereocenters. The van der Waals surface area contributed by atoms with Gasteiger partial charge in [-0.25, -0.2) is 4.79 Å². The molecule has 21 heavy (non-hydrogen) atoms. The first-order valence-corrected chi connectivity index (χ1v) is 7.42. The molecule has 0 aromatic carbocycles. The minimum Gasteiger partial charge on any atom is -0.465 e. The monoisotopic (exact) mass is 293 g/mol. The van der Waals surface area contributed by atoms with Crippen LogP contribution in [0.1, 0.15) is 43.2 Å². The van der Waals surface area contributed by atoms with Crippen LogP contribution < -0.4 is 10.6 Å². The Morgan fingerprint density at radius 3 is 2.81 bits per heavy atom. The highest BCUT2D eigenvalue weighted by molar-refractivity contribution is 5.95. The van der Waals surface area contributed by atoms with Gasteiger partial charge in [-0.3, -0.25) is 15.0 Å². The highest BCUT2D eigenvalue weighted by atomic mass is 16.3. The van der Waals surface area contributed by atoms with E-state index in [-0.39, 0.29) is 18.5 Å². The molecule has 1 aliphatic rings. The molecule has 0 radical (unpaired) electrons. The fraction of sp³-hybridized carbons (Fsp3) is 0.600. The predicted octanol–water partition coefficient (Wildman–Crippen LogP) is 1.96. The van der Waals surface area contributed by atoms with E-state index < -0.39 is 6.03 Å². The van der Waals surface area contributed by atoms with Crippen LogP contribution >= 0.6 is 0 Å². The average molecular weight is 293 g/mol. The van der Waals surface area contributed by atoms with Crippen LogP contribution in [0.3, 0.4) is 0 Å². The number of nitrogens with zero attached hydrogens (tertiary/aromatic N) is 1. The van der Waals surface area contributed by atoms with Crippen molar-refractivity contribution in [1.82, 2.24) is 15.5 Å². The van der Waals surface area contributed by atoms with Crippen LogP contribution in [0.5, 0.6) is 0 Å². The molecule has 2 N–H and O–H groups in total. The van der Waals surface area contributed by atoms with Gasteiger partial charge in [-0.15, -0.1) is 0 Å². The average Bonchev–Trinajstić information content (AvgIpc) is 2.74. The van der Waals surface area contributed by atoms with Gasteiger partial charge in [-0.2, -0.15) is 0 Å². The third-order valence-corrected chi connectivity index (χ3v) is 3.78. The molecule has 0 unspecified atom stereocenters. The molecule has 1 saturated heterocycles. The Balaban J connectivity index is 2.05. The Morgan fingerprint density at radius 1 is 1.33 bits per heavy atom. The zero-order chi connectivity index (χ0) is 15.2. The Bertz CT molecular complexity index is 498. The molecule has 1 fully saturated rings. The van der Waals surface area contributed by atoms with Crippen LogP contribution in [0.2, 0.25) is 0 Å². The van der Waals surface area contributed by atoms with Crippen molar-refractivity contribution in [1.29, 1.82) is 0 Å². The second-order valence-corrected chi connectivity index (χ2v) is 5.41. The summed E-state index contributed by atoms with van der Waals surface area (Å²) in [5, 5.41) is 4.70. The van der Waals surface area contributed by atoms with E-state index in [9.17, 15) is 9.59 Å². The number of imide groups is 1. The summed E-state index contributed by atoms with van der Waals surface area (Å²) in [6.07, 6.45) is 4.31. The van der Waals surface area contributed by atoms with E-state index in [1.807, 2.05) is 19.1 Å². The van der Waals surface area contributed by atoms with Crippen LogP contribution in [0.25, 0.3) is 0 Å². The van der Waals surface area contributed by atoms with Gasteiger partial charge in [0.25, 0.3) is 0 Å². The molecule has 0 spiro atoms. The third kappa shape index (κ3) is 4.32. The fourth-order valence-electron chi connectivity index (χ4n) is 2.72. The van der Waals surface area contributed by atoms with Crippen molar-refractivity contribution in [2.24, 2.45) is 0 Å². The third-order valence-electron chi connectivity index (χ3n) is 3.78. The number of urea groups is 1. The lowest BCUT2D eigenvalue weighted by Gasteiger charge is -2.27. The maximum Gasteiger partial charge on any atom is 0.321 e. The molecule has 116 valence electrons. The first-order chi connectivity index (χ1) is 10.1. The molecular formula is C15H23N3O3. The molecule has 2 rings (SSSR count). The van der Waals surface area contributed by atoms with E-state index in [0.717, 1.165) is 43.7 Å². The molecule has 1 aromatic heterocycles. The van der Waals surface area contributed by atoms with Crippen molar-refractivity contribution in [2.75, 3.05) is 20.1 Å². The van der Waals surface area contributed by atoms with Gasteiger partial charge in [-0.1, -0.05) is 12.8 Å². The summed E-state index contributed by atoms with van der Waals surface area (Å²) in [4.78, 5) is 25.2. The minimum absolute atomic E-state index is 0.108. The normalized spacial score (nSPS) is 19.8. The molecule has 3 amide bonds. The first-order valence-electron chi connectivity index (χ1n) is 7.42. The molecule has 2 heterocycles. The van der Waals surface area contributed by atoms with Gasteiger partial charge in [0.05, 0.1) is 12.6 Å². The molecule has 0 saturated carbocycles. The molecule has 6 nitrogen and oxygen atoms in total. The number of carbonyl (C=O) groups excluding carboxylic acids is 2. The van der Waals surface area contributed by atoms with Crippen molar-refractivity contribution in [2.45, 2.75) is 38.6 Å². The molecule has 1 aliphatic heterocycles. The number of furan rings is 1. The lowest BCUT2D eigenvalue weighted by atomic mass is 10.1. The van der Waals surface area contributed by atoms with Gasteiger partial charge < -0.3 is 9.73 Å². The molecule has 6 heteroatoms. The highest BCUT2D eigenvalue weighted by Crippen LogP contribution is 2.30. The Labute approximate surface area is 124 Å². The summed E-state index contributed by atoms with van der Waals surface area (Å²) in [6.45, 7) is 2.96. The zero-order valence-electron chi connectivity index (χ0n) is 12.6. The summed E-state index contributed by atoms with van der Waals surface area (Å²) in [5.41, 5.74) is 0. The predicted molar refractivity (Wildman–Crippen MR) is 78.8 cm³/mol. The number of aryl methyl sites for hydroxylation is 1. The maximum atomic E-state index is 11.9.